The van der Waals surface area contributed by atoms with Gasteiger partial charge in [0.1, 0.15) is 17.2 Å². The molecule has 10 nitrogen and oxygen atoms in total. The van der Waals surface area contributed by atoms with Gasteiger partial charge >= 0.3 is 6.18 Å². The highest BCUT2D eigenvalue weighted by molar-refractivity contribution is 6.02. The van der Waals surface area contributed by atoms with E-state index in [0.29, 0.717) is 67.6 Å². The van der Waals surface area contributed by atoms with Crippen LogP contribution in [0.15, 0.2) is 57.3 Å². The fourth-order valence-corrected chi connectivity index (χ4v) is 6.13. The lowest BCUT2D eigenvalue weighted by Gasteiger charge is -2.38. The second-order valence-corrected chi connectivity index (χ2v) is 11.9. The first kappa shape index (κ1) is 32.7. The fourth-order valence-electron chi connectivity index (χ4n) is 6.13. The number of nitrogens with one attached hydrogen (secondary N) is 1. The summed E-state index contributed by atoms with van der Waals surface area (Å²) < 4.78 is 56.5. The monoisotopic (exact) mass is 630 g/mol. The van der Waals surface area contributed by atoms with Gasteiger partial charge in [-0.1, -0.05) is 17.8 Å². The Balaban J connectivity index is 1.36. The molecule has 244 valence electrons. The van der Waals surface area contributed by atoms with Gasteiger partial charge in [-0.2, -0.15) is 13.2 Å². The first-order valence-corrected chi connectivity index (χ1v) is 15.2. The number of aliphatic imine (C=N–C) groups is 1. The number of halogens is 3. The van der Waals surface area contributed by atoms with Crippen LogP contribution in [-0.4, -0.2) is 84.8 Å². The molecule has 0 saturated carbocycles. The average Bonchev–Trinajstić information content (AvgIpc) is 3.48. The van der Waals surface area contributed by atoms with Gasteiger partial charge < -0.3 is 34.8 Å². The number of benzene rings is 1. The predicted octanol–water partition coefficient (Wildman–Crippen LogP) is 3.94. The number of likely N-dealkylation sites (tertiary alicyclic amines) is 1. The molecule has 13 heteroatoms. The Labute approximate surface area is 261 Å². The molecule has 2 aromatic rings. The molecule has 5 rings (SSSR count). The molecular formula is C32H41F3N6O4. The van der Waals surface area contributed by atoms with E-state index < -0.39 is 11.7 Å². The lowest BCUT2D eigenvalue weighted by molar-refractivity contribution is -0.137. The van der Waals surface area contributed by atoms with Crippen molar-refractivity contribution in [1.29, 1.82) is 0 Å². The molecule has 1 aromatic heterocycles. The summed E-state index contributed by atoms with van der Waals surface area (Å²) in [6.07, 6.45) is -1.54. The molecular weight excluding hydrogens is 589 g/mol. The molecule has 2 saturated heterocycles. The molecule has 0 radical (unpaired) electrons. The highest BCUT2D eigenvalue weighted by Gasteiger charge is 2.34. The number of amidine groups is 1. The van der Waals surface area contributed by atoms with Gasteiger partial charge in [-0.15, -0.1) is 0 Å². The lowest BCUT2D eigenvalue weighted by atomic mass is 9.96. The number of fused-ring (bicyclic) bond motifs is 1. The largest absolute Gasteiger partial charge is 0.416 e. The minimum atomic E-state index is -4.44. The minimum absolute atomic E-state index is 0.0131. The second kappa shape index (κ2) is 13.8. The van der Waals surface area contributed by atoms with Crippen molar-refractivity contribution in [2.45, 2.75) is 70.4 Å². The maximum absolute atomic E-state index is 14.1. The third-order valence-electron chi connectivity index (χ3n) is 8.88. The van der Waals surface area contributed by atoms with Crippen LogP contribution in [0, 0.1) is 6.92 Å². The van der Waals surface area contributed by atoms with E-state index in [1.807, 2.05) is 4.90 Å². The molecule has 0 spiro atoms. The Bertz CT molecular complexity index is 1460. The molecule has 0 bridgehead atoms. The summed E-state index contributed by atoms with van der Waals surface area (Å²) in [4.78, 5) is 22.3. The van der Waals surface area contributed by atoms with Crippen molar-refractivity contribution in [3.63, 3.8) is 0 Å². The van der Waals surface area contributed by atoms with Gasteiger partial charge in [-0.3, -0.25) is 4.79 Å². The molecule has 0 aliphatic carbocycles. The van der Waals surface area contributed by atoms with E-state index in [1.165, 1.54) is 12.1 Å². The van der Waals surface area contributed by atoms with Crippen molar-refractivity contribution in [3.8, 4) is 0 Å². The Morgan fingerprint density at radius 2 is 1.91 bits per heavy atom. The van der Waals surface area contributed by atoms with Gasteiger partial charge in [0.2, 0.25) is 0 Å². The first-order valence-electron chi connectivity index (χ1n) is 15.2. The number of hydrogen-bond acceptors (Lipinski definition) is 8. The van der Waals surface area contributed by atoms with E-state index in [0.717, 1.165) is 30.9 Å². The van der Waals surface area contributed by atoms with Crippen molar-refractivity contribution in [2.24, 2.45) is 10.7 Å². The Morgan fingerprint density at radius 3 is 2.58 bits per heavy atom. The van der Waals surface area contributed by atoms with Gasteiger partial charge in [0.05, 0.1) is 18.3 Å². The van der Waals surface area contributed by atoms with E-state index in [4.69, 9.17) is 19.7 Å². The Hall–Kier alpha value is -3.68. The van der Waals surface area contributed by atoms with Gasteiger partial charge in [0, 0.05) is 69.3 Å². The maximum atomic E-state index is 14.1. The van der Waals surface area contributed by atoms with E-state index in [2.05, 4.69) is 22.0 Å². The first-order chi connectivity index (χ1) is 21.4. The summed E-state index contributed by atoms with van der Waals surface area (Å²) in [7, 11) is 1.69. The maximum Gasteiger partial charge on any atom is 0.416 e. The zero-order chi connectivity index (χ0) is 32.3. The number of ether oxygens (including phenoxy) is 2. The molecule has 3 aliphatic heterocycles. The Kier molecular flexibility index (Phi) is 10.00. The highest BCUT2D eigenvalue weighted by Crippen LogP contribution is 2.33. The highest BCUT2D eigenvalue weighted by atomic mass is 19.4. The Morgan fingerprint density at radius 1 is 1.16 bits per heavy atom. The number of piperidine rings is 1. The number of nitrogens with zero attached hydrogens (tertiary/aromatic N) is 4. The summed E-state index contributed by atoms with van der Waals surface area (Å²) in [6.45, 7) is 10.7. The third-order valence-corrected chi connectivity index (χ3v) is 8.88. The third kappa shape index (κ3) is 7.59. The zero-order valence-electron chi connectivity index (χ0n) is 26.0. The molecule has 45 heavy (non-hydrogen) atoms. The summed E-state index contributed by atoms with van der Waals surface area (Å²) in [5, 5.41) is 7.63. The number of aryl methyl sites for hydroxylation is 1. The standard InChI is InChI=1S/C32H41F3N6O4/c1-19-15-27(39-45-19)30(36)38-29(31(42)40-12-8-25(9-13-40)37-26-10-14-44-18-28(26)43-4)20(2)21(3)41-11-7-22-5-6-24(32(33,34)35)16-23(22)17-41/h5-6,15-16,25-26,28,37H,3,7-14,17-18H2,1-2,4H3,(H2,36,38)/b29-20-/t26-,28+/m0/s1. The van der Waals surface area contributed by atoms with E-state index in [1.54, 1.807) is 31.9 Å². The molecule has 2 fully saturated rings. The van der Waals surface area contributed by atoms with Crippen LogP contribution in [0.2, 0.25) is 0 Å². The van der Waals surface area contributed by atoms with Gasteiger partial charge in [-0.05, 0) is 62.8 Å². The number of aromatic nitrogens is 1. The SMILES string of the molecule is C=C(/C(C)=C(\N=C(N)c1cc(C)on1)C(=O)N1CCC(N[C@H]2CCOC[C@H]2OC)CC1)N1CCc2ccc(C(F)(F)F)cc2C1. The van der Waals surface area contributed by atoms with Crippen molar-refractivity contribution in [1.82, 2.24) is 20.3 Å². The van der Waals surface area contributed by atoms with Crippen LogP contribution in [0.1, 0.15) is 54.3 Å². The molecule has 4 heterocycles. The van der Waals surface area contributed by atoms with Crippen molar-refractivity contribution in [2.75, 3.05) is 40.0 Å². The molecule has 1 amide bonds. The van der Waals surface area contributed by atoms with Crippen LogP contribution >= 0.6 is 0 Å². The van der Waals surface area contributed by atoms with E-state index >= 15 is 0 Å². The molecule has 3 N–H and O–H groups in total. The smallest absolute Gasteiger partial charge is 0.382 e. The van der Waals surface area contributed by atoms with Gasteiger partial charge in [-0.25, -0.2) is 4.99 Å². The van der Waals surface area contributed by atoms with Crippen molar-refractivity contribution in [3.05, 3.63) is 76.0 Å². The number of carbonyl (C=O) groups is 1. The number of carbonyl (C=O) groups excluding carboxylic acids is 1. The van der Waals surface area contributed by atoms with Crippen molar-refractivity contribution >= 4 is 11.7 Å². The predicted molar refractivity (Wildman–Crippen MR) is 162 cm³/mol. The molecule has 3 aliphatic rings. The normalized spacial score (nSPS) is 22.2. The van der Waals surface area contributed by atoms with E-state index in [-0.39, 0.29) is 42.2 Å². The van der Waals surface area contributed by atoms with Gasteiger partial charge in [0.25, 0.3) is 5.91 Å². The summed E-state index contributed by atoms with van der Waals surface area (Å²) in [6, 6.07) is 5.89. The molecule has 0 unspecified atom stereocenters. The average molecular weight is 631 g/mol. The number of allylic oxidation sites excluding steroid dienone is 1. The number of hydrogen-bond donors (Lipinski definition) is 2. The number of rotatable bonds is 8. The molecule has 2 atom stereocenters. The fraction of sp³-hybridized carbons (Fsp3) is 0.531. The van der Waals surface area contributed by atoms with Crippen LogP contribution in [0.4, 0.5) is 13.2 Å². The van der Waals surface area contributed by atoms with Crippen LogP contribution in [0.5, 0.6) is 0 Å². The second-order valence-electron chi connectivity index (χ2n) is 11.9. The van der Waals surface area contributed by atoms with Crippen LogP contribution in [0.3, 0.4) is 0 Å². The van der Waals surface area contributed by atoms with Gasteiger partial charge in [0.15, 0.2) is 5.84 Å². The summed E-state index contributed by atoms with van der Waals surface area (Å²) in [5.74, 6) is 0.261. The molecule has 1 aromatic carbocycles. The quantitative estimate of drug-likeness (QED) is 0.195. The van der Waals surface area contributed by atoms with Crippen LogP contribution in [0.25, 0.3) is 0 Å². The summed E-state index contributed by atoms with van der Waals surface area (Å²) in [5.41, 5.74) is 8.46. The van der Waals surface area contributed by atoms with Crippen LogP contribution in [-0.2, 0) is 33.4 Å². The minimum Gasteiger partial charge on any atom is -0.382 e. The zero-order valence-corrected chi connectivity index (χ0v) is 26.0. The van der Waals surface area contributed by atoms with Crippen molar-refractivity contribution < 1.29 is 32.0 Å². The topological polar surface area (TPSA) is 118 Å². The van der Waals surface area contributed by atoms with E-state index in [9.17, 15) is 18.0 Å². The number of methoxy groups -OCH3 is 1. The number of alkyl halides is 3. The lowest BCUT2D eigenvalue weighted by Crippen LogP contribution is -2.54. The number of amides is 1. The number of nitrogens with two attached hydrogens (primary N) is 1. The summed E-state index contributed by atoms with van der Waals surface area (Å²) >= 11 is 0. The van der Waals surface area contributed by atoms with Crippen LogP contribution < -0.4 is 11.1 Å².